The molecule has 0 aliphatic carbocycles. The molecule has 0 aliphatic rings. The van der Waals surface area contributed by atoms with Crippen molar-refractivity contribution in [2.45, 2.75) is 20.1 Å². The van der Waals surface area contributed by atoms with Crippen LogP contribution in [0.5, 0.6) is 5.75 Å². The van der Waals surface area contributed by atoms with Gasteiger partial charge in [-0.1, -0.05) is 24.3 Å². The molecule has 2 N–H and O–H groups in total. The average molecular weight is 283 g/mol. The van der Waals surface area contributed by atoms with Crippen molar-refractivity contribution in [2.24, 2.45) is 5.73 Å². The lowest BCUT2D eigenvalue weighted by Gasteiger charge is -2.08. The second-order valence-corrected chi connectivity index (χ2v) is 5.76. The number of nitrogens with two attached hydrogens (primary N) is 1. The molecule has 102 valence electrons. The normalized spacial score (nSPS) is 10.9. The number of fused-ring (bicyclic) bond motifs is 1. The van der Waals surface area contributed by atoms with Crippen LogP contribution in [0.3, 0.4) is 0 Å². The molecule has 1 aromatic heterocycles. The number of rotatable bonds is 4. The maximum atomic E-state index is 5.94. The molecule has 3 rings (SSSR count). The van der Waals surface area contributed by atoms with Gasteiger partial charge in [0.1, 0.15) is 12.4 Å². The van der Waals surface area contributed by atoms with Gasteiger partial charge in [-0.25, -0.2) is 0 Å². The molecule has 3 aromatic rings. The molecule has 0 saturated carbocycles. The van der Waals surface area contributed by atoms with Crippen LogP contribution in [-0.4, -0.2) is 0 Å². The van der Waals surface area contributed by atoms with Gasteiger partial charge in [0.05, 0.1) is 0 Å². The molecule has 0 atom stereocenters. The highest BCUT2D eigenvalue weighted by Crippen LogP contribution is 2.28. The first-order chi connectivity index (χ1) is 9.78. The molecule has 0 aliphatic heterocycles. The predicted molar refractivity (Wildman–Crippen MR) is 85.2 cm³/mol. The Hall–Kier alpha value is -1.84. The third-order valence-corrected chi connectivity index (χ3v) is 4.44. The lowest BCUT2D eigenvalue weighted by molar-refractivity contribution is 0.306. The van der Waals surface area contributed by atoms with Gasteiger partial charge in [-0.2, -0.15) is 0 Å². The highest BCUT2D eigenvalue weighted by Gasteiger charge is 2.06. The van der Waals surface area contributed by atoms with Crippen molar-refractivity contribution >= 4 is 21.4 Å². The number of hydrogen-bond donors (Lipinski definition) is 1. The van der Waals surface area contributed by atoms with Crippen molar-refractivity contribution in [3.05, 3.63) is 64.5 Å². The summed E-state index contributed by atoms with van der Waals surface area (Å²) in [7, 11) is 0. The minimum absolute atomic E-state index is 0.573. The van der Waals surface area contributed by atoms with E-state index in [1.165, 1.54) is 15.6 Å². The van der Waals surface area contributed by atoms with Crippen LogP contribution >= 0.6 is 11.3 Å². The van der Waals surface area contributed by atoms with Crippen molar-refractivity contribution in [3.8, 4) is 5.75 Å². The first kappa shape index (κ1) is 13.2. The van der Waals surface area contributed by atoms with Crippen LogP contribution < -0.4 is 10.5 Å². The largest absolute Gasteiger partial charge is 0.489 e. The van der Waals surface area contributed by atoms with Gasteiger partial charge < -0.3 is 10.5 Å². The third kappa shape index (κ3) is 2.55. The Balaban J connectivity index is 1.86. The highest BCUT2D eigenvalue weighted by atomic mass is 32.1. The molecule has 0 saturated heterocycles. The first-order valence-corrected chi connectivity index (χ1v) is 7.53. The number of aryl methyl sites for hydroxylation is 1. The zero-order valence-electron chi connectivity index (χ0n) is 11.4. The van der Waals surface area contributed by atoms with Crippen LogP contribution in [0.4, 0.5) is 0 Å². The fourth-order valence-corrected chi connectivity index (χ4v) is 3.17. The summed E-state index contributed by atoms with van der Waals surface area (Å²) in [4.78, 5) is 0. The fraction of sp³-hybridized carbons (Fsp3) is 0.176. The molecular weight excluding hydrogens is 266 g/mol. The van der Waals surface area contributed by atoms with E-state index in [9.17, 15) is 0 Å². The molecule has 2 nitrogen and oxygen atoms in total. The summed E-state index contributed by atoms with van der Waals surface area (Å²) in [6.07, 6.45) is 0. The Bertz CT molecular complexity index is 733. The number of ether oxygens (including phenoxy) is 1. The molecule has 20 heavy (non-hydrogen) atoms. The van der Waals surface area contributed by atoms with Gasteiger partial charge in [-0.15, -0.1) is 11.3 Å². The van der Waals surface area contributed by atoms with E-state index in [0.29, 0.717) is 13.2 Å². The van der Waals surface area contributed by atoms with Crippen LogP contribution in [0, 0.1) is 6.92 Å². The number of thiophene rings is 1. The SMILES string of the molecule is Cc1ccccc1OCc1csc2ccc(CN)cc12. The van der Waals surface area contributed by atoms with Crippen molar-refractivity contribution in [1.82, 2.24) is 0 Å². The lowest BCUT2D eigenvalue weighted by atomic mass is 10.1. The topological polar surface area (TPSA) is 35.2 Å². The molecule has 0 bridgehead atoms. The second-order valence-electron chi connectivity index (χ2n) is 4.85. The molecule has 0 spiro atoms. The zero-order chi connectivity index (χ0) is 13.9. The second kappa shape index (κ2) is 5.65. The van der Waals surface area contributed by atoms with Crippen LogP contribution in [0.2, 0.25) is 0 Å². The summed E-state index contributed by atoms with van der Waals surface area (Å²) >= 11 is 1.75. The lowest BCUT2D eigenvalue weighted by Crippen LogP contribution is -1.97. The van der Waals surface area contributed by atoms with Gasteiger partial charge in [0, 0.05) is 16.8 Å². The first-order valence-electron chi connectivity index (χ1n) is 6.65. The quantitative estimate of drug-likeness (QED) is 0.777. The van der Waals surface area contributed by atoms with Crippen LogP contribution in [-0.2, 0) is 13.2 Å². The van der Waals surface area contributed by atoms with Crippen LogP contribution in [0.25, 0.3) is 10.1 Å². The van der Waals surface area contributed by atoms with E-state index >= 15 is 0 Å². The van der Waals surface area contributed by atoms with E-state index in [0.717, 1.165) is 16.9 Å². The van der Waals surface area contributed by atoms with Crippen molar-refractivity contribution < 1.29 is 4.74 Å². The summed E-state index contributed by atoms with van der Waals surface area (Å²) in [5.74, 6) is 0.946. The average Bonchev–Trinajstić information content (AvgIpc) is 2.88. The van der Waals surface area contributed by atoms with Crippen molar-refractivity contribution in [3.63, 3.8) is 0 Å². The number of hydrogen-bond acceptors (Lipinski definition) is 3. The minimum atomic E-state index is 0.573. The van der Waals surface area contributed by atoms with Gasteiger partial charge in [0.15, 0.2) is 0 Å². The van der Waals surface area contributed by atoms with Gasteiger partial charge in [0.2, 0.25) is 0 Å². The Kier molecular flexibility index (Phi) is 3.72. The molecular formula is C17H17NOS. The molecule has 0 amide bonds. The highest BCUT2D eigenvalue weighted by molar-refractivity contribution is 7.17. The fourth-order valence-electron chi connectivity index (χ4n) is 2.24. The van der Waals surface area contributed by atoms with Crippen LogP contribution in [0.15, 0.2) is 47.8 Å². The van der Waals surface area contributed by atoms with E-state index in [2.05, 4.69) is 36.6 Å². The number of para-hydroxylation sites is 1. The van der Waals surface area contributed by atoms with Gasteiger partial charge in [-0.05, 0) is 47.0 Å². The van der Waals surface area contributed by atoms with Gasteiger partial charge >= 0.3 is 0 Å². The maximum absolute atomic E-state index is 5.94. The predicted octanol–water partition coefficient (Wildman–Crippen LogP) is 4.25. The van der Waals surface area contributed by atoms with E-state index < -0.39 is 0 Å². The Morgan fingerprint density at radius 3 is 2.80 bits per heavy atom. The standard InChI is InChI=1S/C17H17NOS/c1-12-4-2-3-5-16(12)19-10-14-11-20-17-7-6-13(9-18)8-15(14)17/h2-8,11H,9-10,18H2,1H3. The van der Waals surface area contributed by atoms with Gasteiger partial charge in [0.25, 0.3) is 0 Å². The Labute approximate surface area is 122 Å². The molecule has 0 radical (unpaired) electrons. The molecule has 0 fully saturated rings. The summed E-state index contributed by atoms with van der Waals surface area (Å²) in [5, 5.41) is 3.43. The van der Waals surface area contributed by atoms with E-state index in [4.69, 9.17) is 10.5 Å². The molecule has 0 unspecified atom stereocenters. The van der Waals surface area contributed by atoms with E-state index in [-0.39, 0.29) is 0 Å². The molecule has 3 heteroatoms. The molecule has 1 heterocycles. The third-order valence-electron chi connectivity index (χ3n) is 3.43. The molecule has 2 aromatic carbocycles. The summed E-state index contributed by atoms with van der Waals surface area (Å²) in [6, 6.07) is 14.5. The number of benzene rings is 2. The summed E-state index contributed by atoms with van der Waals surface area (Å²) < 4.78 is 7.22. The Morgan fingerprint density at radius 2 is 2.00 bits per heavy atom. The minimum Gasteiger partial charge on any atom is -0.489 e. The summed E-state index contributed by atoms with van der Waals surface area (Å²) in [5.41, 5.74) is 9.26. The van der Waals surface area contributed by atoms with Crippen molar-refractivity contribution in [2.75, 3.05) is 0 Å². The van der Waals surface area contributed by atoms with Crippen LogP contribution in [0.1, 0.15) is 16.7 Å². The summed E-state index contributed by atoms with van der Waals surface area (Å²) in [6.45, 7) is 3.23. The van der Waals surface area contributed by atoms with E-state index in [1.807, 2.05) is 18.2 Å². The van der Waals surface area contributed by atoms with E-state index in [1.54, 1.807) is 11.3 Å². The monoisotopic (exact) mass is 283 g/mol. The van der Waals surface area contributed by atoms with Crippen molar-refractivity contribution in [1.29, 1.82) is 0 Å². The Morgan fingerprint density at radius 1 is 1.15 bits per heavy atom. The maximum Gasteiger partial charge on any atom is 0.122 e. The smallest absolute Gasteiger partial charge is 0.122 e. The van der Waals surface area contributed by atoms with Gasteiger partial charge in [-0.3, -0.25) is 0 Å². The zero-order valence-corrected chi connectivity index (χ0v) is 12.2.